The molecular weight excluding hydrogens is 360 g/mol. The number of aryl methyl sites for hydroxylation is 1. The molecule has 1 aromatic carbocycles. The first-order chi connectivity index (χ1) is 14.2. The van der Waals surface area contributed by atoms with Gasteiger partial charge in [0.05, 0.1) is 5.52 Å². The molecule has 0 aliphatic rings. The predicted molar refractivity (Wildman–Crippen MR) is 118 cm³/mol. The summed E-state index contributed by atoms with van der Waals surface area (Å²) in [6.07, 6.45) is 6.76. The molecule has 3 aromatic heterocycles. The number of nitrogen functional groups attached to an aromatic ring is 1. The largest absolute Gasteiger partial charge is 0.382 e. The van der Waals surface area contributed by atoms with Crippen LogP contribution in [0.3, 0.4) is 0 Å². The summed E-state index contributed by atoms with van der Waals surface area (Å²) in [4.78, 5) is 13.5. The molecule has 0 fully saturated rings. The summed E-state index contributed by atoms with van der Waals surface area (Å²) in [6, 6.07) is 16.5. The lowest BCUT2D eigenvalue weighted by Crippen LogP contribution is -2.07. The van der Waals surface area contributed by atoms with E-state index in [9.17, 15) is 0 Å². The Kier molecular flexibility index (Phi) is 5.70. The van der Waals surface area contributed by atoms with Crippen LogP contribution in [-0.4, -0.2) is 19.5 Å². The van der Waals surface area contributed by atoms with Crippen LogP contribution in [0.15, 0.2) is 60.9 Å². The van der Waals surface area contributed by atoms with Crippen molar-refractivity contribution < 1.29 is 0 Å². The highest BCUT2D eigenvalue weighted by molar-refractivity contribution is 5.88. The van der Waals surface area contributed by atoms with E-state index in [1.165, 1.54) is 5.56 Å². The second kappa shape index (κ2) is 8.73. The Balaban J connectivity index is 1.70. The van der Waals surface area contributed by atoms with Crippen LogP contribution in [0.1, 0.15) is 36.7 Å². The van der Waals surface area contributed by atoms with E-state index in [2.05, 4.69) is 51.0 Å². The maximum atomic E-state index is 6.29. The van der Waals surface area contributed by atoms with E-state index in [0.29, 0.717) is 12.4 Å². The van der Waals surface area contributed by atoms with Crippen molar-refractivity contribution in [1.82, 2.24) is 19.5 Å². The zero-order valence-corrected chi connectivity index (χ0v) is 16.7. The Morgan fingerprint density at radius 2 is 1.86 bits per heavy atom. The van der Waals surface area contributed by atoms with Crippen molar-refractivity contribution in [3.63, 3.8) is 0 Å². The van der Waals surface area contributed by atoms with E-state index in [1.807, 2.05) is 30.5 Å². The van der Waals surface area contributed by atoms with E-state index in [-0.39, 0.29) is 0 Å². The number of anilines is 2. The molecule has 0 bridgehead atoms. The van der Waals surface area contributed by atoms with Crippen molar-refractivity contribution in [2.24, 2.45) is 0 Å². The minimum atomic E-state index is 0.459. The number of fused-ring (bicyclic) bond motifs is 1. The van der Waals surface area contributed by atoms with Gasteiger partial charge in [-0.15, -0.1) is 0 Å². The Morgan fingerprint density at radius 1 is 1.03 bits per heavy atom. The summed E-state index contributed by atoms with van der Waals surface area (Å²) in [6.45, 7) is 3.60. The Labute approximate surface area is 170 Å². The second-order valence-corrected chi connectivity index (χ2v) is 7.18. The Hall–Kier alpha value is -3.41. The Morgan fingerprint density at radius 3 is 2.62 bits per heavy atom. The van der Waals surface area contributed by atoms with Crippen LogP contribution in [0.25, 0.3) is 11.0 Å². The molecule has 0 saturated heterocycles. The number of nitrogens with zero attached hydrogens (tertiary/aromatic N) is 4. The maximum Gasteiger partial charge on any atom is 0.154 e. The average Bonchev–Trinajstić information content (AvgIpc) is 3.10. The van der Waals surface area contributed by atoms with Gasteiger partial charge in [-0.25, -0.2) is 9.97 Å². The number of imidazole rings is 1. The van der Waals surface area contributed by atoms with Gasteiger partial charge >= 0.3 is 0 Å². The molecule has 0 unspecified atom stereocenters. The molecule has 3 heterocycles. The summed E-state index contributed by atoms with van der Waals surface area (Å²) in [5, 5.41) is 3.37. The number of hydrogen-bond acceptors (Lipinski definition) is 5. The quantitative estimate of drug-likeness (QED) is 0.469. The van der Waals surface area contributed by atoms with Crippen LogP contribution in [0.4, 0.5) is 11.6 Å². The smallest absolute Gasteiger partial charge is 0.154 e. The van der Waals surface area contributed by atoms with Gasteiger partial charge < -0.3 is 15.6 Å². The maximum absolute atomic E-state index is 6.29. The lowest BCUT2D eigenvalue weighted by atomic mass is 10.2. The molecule has 0 atom stereocenters. The first-order valence-electron chi connectivity index (χ1n) is 10.1. The number of benzene rings is 1. The van der Waals surface area contributed by atoms with Crippen molar-refractivity contribution in [1.29, 1.82) is 0 Å². The fraction of sp³-hybridized carbons (Fsp3) is 0.261. The first-order valence-corrected chi connectivity index (χ1v) is 10.1. The van der Waals surface area contributed by atoms with Crippen molar-refractivity contribution in [2.75, 3.05) is 11.1 Å². The van der Waals surface area contributed by atoms with Crippen molar-refractivity contribution in [3.05, 3.63) is 77.9 Å². The van der Waals surface area contributed by atoms with E-state index >= 15 is 0 Å². The number of aromatic nitrogens is 4. The fourth-order valence-electron chi connectivity index (χ4n) is 3.45. The molecule has 0 spiro atoms. The van der Waals surface area contributed by atoms with E-state index < -0.39 is 0 Å². The highest BCUT2D eigenvalue weighted by atomic mass is 15.1. The third kappa shape index (κ3) is 4.37. The van der Waals surface area contributed by atoms with Gasteiger partial charge in [0.1, 0.15) is 17.2 Å². The molecule has 0 aliphatic heterocycles. The molecule has 6 nitrogen and oxygen atoms in total. The number of rotatable bonds is 8. The standard InChI is InChI=1S/C23H26N6/c1-2-3-11-21-28-22-19(29(21)16-17-8-5-4-6-9-17)13-20(27-23(22)24)26-15-18-10-7-12-25-14-18/h4-10,12-14H,2-3,11,15-16H2,1H3,(H3,24,26,27). The van der Waals surface area contributed by atoms with Gasteiger partial charge in [-0.3, -0.25) is 4.98 Å². The molecule has 0 saturated carbocycles. The highest BCUT2D eigenvalue weighted by Crippen LogP contribution is 2.26. The monoisotopic (exact) mass is 386 g/mol. The molecule has 6 heteroatoms. The van der Waals surface area contributed by atoms with Crippen molar-refractivity contribution in [2.45, 2.75) is 39.3 Å². The average molecular weight is 387 g/mol. The van der Waals surface area contributed by atoms with Gasteiger partial charge in [0, 0.05) is 38.0 Å². The molecule has 0 aliphatic carbocycles. The van der Waals surface area contributed by atoms with E-state index in [0.717, 1.165) is 54.0 Å². The molecular formula is C23H26N6. The lowest BCUT2D eigenvalue weighted by Gasteiger charge is -2.11. The second-order valence-electron chi connectivity index (χ2n) is 7.18. The van der Waals surface area contributed by atoms with Gasteiger partial charge in [-0.1, -0.05) is 49.7 Å². The minimum absolute atomic E-state index is 0.459. The number of unbranched alkanes of at least 4 members (excludes halogenated alkanes) is 1. The molecule has 29 heavy (non-hydrogen) atoms. The van der Waals surface area contributed by atoms with Gasteiger partial charge in [-0.05, 0) is 23.6 Å². The molecule has 0 radical (unpaired) electrons. The molecule has 3 N–H and O–H groups in total. The van der Waals surface area contributed by atoms with Gasteiger partial charge in [0.15, 0.2) is 5.82 Å². The number of nitrogens with one attached hydrogen (secondary N) is 1. The number of nitrogens with two attached hydrogens (primary N) is 1. The van der Waals surface area contributed by atoms with E-state index in [4.69, 9.17) is 10.7 Å². The van der Waals surface area contributed by atoms with Gasteiger partial charge in [0.25, 0.3) is 0 Å². The van der Waals surface area contributed by atoms with Crippen LogP contribution >= 0.6 is 0 Å². The van der Waals surface area contributed by atoms with Crippen LogP contribution in [0, 0.1) is 0 Å². The van der Waals surface area contributed by atoms with Gasteiger partial charge in [0.2, 0.25) is 0 Å². The highest BCUT2D eigenvalue weighted by Gasteiger charge is 2.15. The number of pyridine rings is 2. The summed E-state index contributed by atoms with van der Waals surface area (Å²) < 4.78 is 2.27. The predicted octanol–water partition coefficient (Wildman–Crippen LogP) is 4.41. The minimum Gasteiger partial charge on any atom is -0.382 e. The summed E-state index contributed by atoms with van der Waals surface area (Å²) >= 11 is 0. The van der Waals surface area contributed by atoms with Crippen molar-refractivity contribution in [3.8, 4) is 0 Å². The zero-order chi connectivity index (χ0) is 20.1. The van der Waals surface area contributed by atoms with Crippen LogP contribution < -0.4 is 11.1 Å². The summed E-state index contributed by atoms with van der Waals surface area (Å²) in [5.41, 5.74) is 10.4. The topological polar surface area (TPSA) is 81.7 Å². The lowest BCUT2D eigenvalue weighted by molar-refractivity contribution is 0.690. The molecule has 0 amide bonds. The van der Waals surface area contributed by atoms with Gasteiger partial charge in [-0.2, -0.15) is 0 Å². The number of hydrogen-bond donors (Lipinski definition) is 2. The molecule has 4 aromatic rings. The zero-order valence-electron chi connectivity index (χ0n) is 16.7. The molecule has 148 valence electrons. The third-order valence-electron chi connectivity index (χ3n) is 4.98. The first kappa shape index (κ1) is 18.9. The Bertz CT molecular complexity index is 1070. The van der Waals surface area contributed by atoms with Crippen LogP contribution in [0.5, 0.6) is 0 Å². The normalized spacial score (nSPS) is 11.1. The molecule has 4 rings (SSSR count). The third-order valence-corrected chi connectivity index (χ3v) is 4.98. The van der Waals surface area contributed by atoms with Crippen LogP contribution in [0.2, 0.25) is 0 Å². The van der Waals surface area contributed by atoms with Crippen molar-refractivity contribution >= 4 is 22.7 Å². The van der Waals surface area contributed by atoms with Crippen LogP contribution in [-0.2, 0) is 19.5 Å². The van der Waals surface area contributed by atoms with E-state index in [1.54, 1.807) is 6.20 Å². The summed E-state index contributed by atoms with van der Waals surface area (Å²) in [5.74, 6) is 2.26. The fourth-order valence-corrected chi connectivity index (χ4v) is 3.45. The SMILES string of the molecule is CCCCc1nc2c(N)nc(NCc3cccnc3)cc2n1Cc1ccccc1. The summed E-state index contributed by atoms with van der Waals surface area (Å²) in [7, 11) is 0.